The fourth-order valence-corrected chi connectivity index (χ4v) is 3.46. The Hall–Kier alpha value is -1.35. The van der Waals surface area contributed by atoms with Crippen molar-refractivity contribution in [2.24, 2.45) is 0 Å². The van der Waals surface area contributed by atoms with Crippen LogP contribution in [0.3, 0.4) is 0 Å². The summed E-state index contributed by atoms with van der Waals surface area (Å²) in [5, 5.41) is 3.08. The normalized spacial score (nSPS) is 17.6. The Balaban J connectivity index is 0.00000242. The zero-order chi connectivity index (χ0) is 15.5. The van der Waals surface area contributed by atoms with Crippen LogP contribution < -0.4 is 14.8 Å². The predicted octanol–water partition coefficient (Wildman–Crippen LogP) is 0.544. The zero-order valence-electron chi connectivity index (χ0n) is 12.3. The van der Waals surface area contributed by atoms with Gasteiger partial charge in [-0.2, -0.15) is 0 Å². The Labute approximate surface area is 135 Å². The topological polar surface area (TPSA) is 93.7 Å². The van der Waals surface area contributed by atoms with E-state index in [1.54, 1.807) is 0 Å². The highest BCUT2D eigenvalue weighted by molar-refractivity contribution is 7.89. The van der Waals surface area contributed by atoms with Crippen molar-refractivity contribution in [3.8, 4) is 5.75 Å². The van der Waals surface area contributed by atoms with Gasteiger partial charge in [-0.05, 0) is 31.2 Å². The number of nitrogens with one attached hydrogen (secondary N) is 2. The number of carbonyl (C=O) groups is 1. The summed E-state index contributed by atoms with van der Waals surface area (Å²) >= 11 is 0. The number of hydrogen-bond donors (Lipinski definition) is 2. The van der Waals surface area contributed by atoms with Gasteiger partial charge in [0.25, 0.3) is 0 Å². The minimum Gasteiger partial charge on any atom is -0.496 e. The van der Waals surface area contributed by atoms with Gasteiger partial charge in [0, 0.05) is 12.6 Å². The summed E-state index contributed by atoms with van der Waals surface area (Å²) in [6.07, 6.45) is 0.735. The van der Waals surface area contributed by atoms with Gasteiger partial charge in [-0.25, -0.2) is 17.9 Å². The van der Waals surface area contributed by atoms with Crippen LogP contribution in [0.4, 0.5) is 0 Å². The molecule has 1 unspecified atom stereocenters. The Morgan fingerprint density at radius 3 is 2.64 bits per heavy atom. The molecule has 0 aliphatic carbocycles. The fourth-order valence-electron chi connectivity index (χ4n) is 2.17. The maximum Gasteiger partial charge on any atom is 0.341 e. The Bertz CT molecular complexity index is 629. The highest BCUT2D eigenvalue weighted by Gasteiger charge is 2.24. The number of rotatable bonds is 5. The van der Waals surface area contributed by atoms with Crippen molar-refractivity contribution in [3.63, 3.8) is 0 Å². The third-order valence-electron chi connectivity index (χ3n) is 3.27. The number of carbonyl (C=O) groups excluding carboxylic acids is 1. The number of hydrogen-bond acceptors (Lipinski definition) is 6. The summed E-state index contributed by atoms with van der Waals surface area (Å²) in [5.41, 5.74) is 0.0763. The molecule has 1 aromatic rings. The van der Waals surface area contributed by atoms with Gasteiger partial charge in [-0.1, -0.05) is 0 Å². The molecule has 1 aliphatic heterocycles. The van der Waals surface area contributed by atoms with E-state index in [0.717, 1.165) is 13.0 Å². The molecular weight excluding hydrogens is 332 g/mol. The highest BCUT2D eigenvalue weighted by atomic mass is 35.5. The molecule has 2 rings (SSSR count). The van der Waals surface area contributed by atoms with Crippen molar-refractivity contribution in [1.29, 1.82) is 0 Å². The summed E-state index contributed by atoms with van der Waals surface area (Å²) < 4.78 is 36.9. The average Bonchev–Trinajstić information content (AvgIpc) is 2.97. The summed E-state index contributed by atoms with van der Waals surface area (Å²) in [7, 11) is -1.06. The zero-order valence-corrected chi connectivity index (χ0v) is 13.9. The first-order valence-electron chi connectivity index (χ1n) is 6.47. The minimum atomic E-state index is -3.69. The van der Waals surface area contributed by atoms with Crippen LogP contribution in [0.15, 0.2) is 23.1 Å². The van der Waals surface area contributed by atoms with Gasteiger partial charge in [-0.15, -0.1) is 12.4 Å². The van der Waals surface area contributed by atoms with Gasteiger partial charge in [0.1, 0.15) is 11.3 Å². The van der Waals surface area contributed by atoms with Crippen LogP contribution in [0.25, 0.3) is 0 Å². The fraction of sp³-hybridized carbons (Fsp3) is 0.462. The number of methoxy groups -OCH3 is 2. The van der Waals surface area contributed by atoms with Gasteiger partial charge in [0.2, 0.25) is 10.0 Å². The predicted molar refractivity (Wildman–Crippen MR) is 83.2 cm³/mol. The first-order valence-corrected chi connectivity index (χ1v) is 7.95. The first-order chi connectivity index (χ1) is 9.97. The molecule has 22 heavy (non-hydrogen) atoms. The maximum atomic E-state index is 12.3. The number of halogens is 1. The SMILES string of the molecule is COC(=O)c1cc(S(=O)(=O)NC2CCNC2)ccc1OC.Cl. The molecule has 124 valence electrons. The van der Waals surface area contributed by atoms with E-state index in [2.05, 4.69) is 14.8 Å². The van der Waals surface area contributed by atoms with Crippen LogP contribution in [-0.2, 0) is 14.8 Å². The molecule has 1 aliphatic rings. The van der Waals surface area contributed by atoms with Crippen LogP contribution in [0.2, 0.25) is 0 Å². The van der Waals surface area contributed by atoms with Crippen molar-refractivity contribution in [1.82, 2.24) is 10.0 Å². The molecule has 7 nitrogen and oxygen atoms in total. The number of benzene rings is 1. The highest BCUT2D eigenvalue weighted by Crippen LogP contribution is 2.23. The second-order valence-corrected chi connectivity index (χ2v) is 6.38. The van der Waals surface area contributed by atoms with E-state index >= 15 is 0 Å². The van der Waals surface area contributed by atoms with E-state index in [4.69, 9.17) is 4.74 Å². The Morgan fingerprint density at radius 1 is 1.36 bits per heavy atom. The van der Waals surface area contributed by atoms with Crippen molar-refractivity contribution < 1.29 is 22.7 Å². The molecule has 1 atom stereocenters. The van der Waals surface area contributed by atoms with E-state index in [1.165, 1.54) is 32.4 Å². The van der Waals surface area contributed by atoms with Crippen LogP contribution >= 0.6 is 12.4 Å². The van der Waals surface area contributed by atoms with E-state index in [1.807, 2.05) is 0 Å². The summed E-state index contributed by atoms with van der Waals surface area (Å²) in [6, 6.07) is 3.96. The molecule has 1 aromatic carbocycles. The molecule has 2 N–H and O–H groups in total. The number of sulfonamides is 1. The lowest BCUT2D eigenvalue weighted by atomic mass is 10.2. The van der Waals surface area contributed by atoms with Crippen LogP contribution in [-0.4, -0.2) is 47.7 Å². The lowest BCUT2D eigenvalue weighted by molar-refractivity contribution is 0.0597. The molecule has 0 amide bonds. The third-order valence-corrected chi connectivity index (χ3v) is 4.79. The quantitative estimate of drug-likeness (QED) is 0.753. The van der Waals surface area contributed by atoms with Crippen molar-refractivity contribution in [2.45, 2.75) is 17.4 Å². The summed E-state index contributed by atoms with van der Waals surface area (Å²) in [4.78, 5) is 11.7. The molecule has 0 aromatic heterocycles. The van der Waals surface area contributed by atoms with E-state index in [0.29, 0.717) is 6.54 Å². The third kappa shape index (κ3) is 4.10. The largest absolute Gasteiger partial charge is 0.496 e. The molecule has 0 spiro atoms. The average molecular weight is 351 g/mol. The van der Waals surface area contributed by atoms with Crippen LogP contribution in [0.5, 0.6) is 5.75 Å². The van der Waals surface area contributed by atoms with Gasteiger partial charge in [0.05, 0.1) is 19.1 Å². The van der Waals surface area contributed by atoms with Gasteiger partial charge in [0.15, 0.2) is 0 Å². The van der Waals surface area contributed by atoms with Crippen molar-refractivity contribution in [2.75, 3.05) is 27.3 Å². The van der Waals surface area contributed by atoms with Crippen LogP contribution in [0.1, 0.15) is 16.8 Å². The Kier molecular flexibility index (Phi) is 6.61. The first kappa shape index (κ1) is 18.7. The number of esters is 1. The van der Waals surface area contributed by atoms with E-state index in [-0.39, 0.29) is 34.7 Å². The monoisotopic (exact) mass is 350 g/mol. The second kappa shape index (κ2) is 7.77. The Morgan fingerprint density at radius 2 is 2.09 bits per heavy atom. The lowest BCUT2D eigenvalue weighted by Gasteiger charge is -2.13. The molecule has 0 radical (unpaired) electrons. The van der Waals surface area contributed by atoms with Crippen LogP contribution in [0, 0.1) is 0 Å². The van der Waals surface area contributed by atoms with Crippen molar-refractivity contribution in [3.05, 3.63) is 23.8 Å². The lowest BCUT2D eigenvalue weighted by Crippen LogP contribution is -2.36. The number of ether oxygens (including phenoxy) is 2. The molecule has 1 fully saturated rings. The second-order valence-electron chi connectivity index (χ2n) is 4.66. The van der Waals surface area contributed by atoms with Crippen molar-refractivity contribution >= 4 is 28.4 Å². The smallest absolute Gasteiger partial charge is 0.341 e. The molecule has 9 heteroatoms. The van der Waals surface area contributed by atoms with E-state index in [9.17, 15) is 13.2 Å². The molecule has 0 bridgehead atoms. The summed E-state index contributed by atoms with van der Waals surface area (Å²) in [5.74, 6) is -0.380. The van der Waals surface area contributed by atoms with Gasteiger partial charge in [-0.3, -0.25) is 0 Å². The van der Waals surface area contributed by atoms with Gasteiger partial charge >= 0.3 is 5.97 Å². The standard InChI is InChI=1S/C13H18N2O5S.ClH/c1-19-12-4-3-10(7-11(12)13(16)20-2)21(17,18)15-9-5-6-14-8-9;/h3-4,7,9,14-15H,5-6,8H2,1-2H3;1H. The van der Waals surface area contributed by atoms with E-state index < -0.39 is 16.0 Å². The molecule has 0 saturated carbocycles. The van der Waals surface area contributed by atoms with Gasteiger partial charge < -0.3 is 14.8 Å². The minimum absolute atomic E-state index is 0. The molecule has 1 saturated heterocycles. The molecular formula is C13H19ClN2O5S. The molecule has 1 heterocycles. The summed E-state index contributed by atoms with van der Waals surface area (Å²) in [6.45, 7) is 1.38. The maximum absolute atomic E-state index is 12.3.